The van der Waals surface area contributed by atoms with Crippen LogP contribution in [0.25, 0.3) is 10.2 Å². The Morgan fingerprint density at radius 1 is 1.28 bits per heavy atom. The molecular weight excluding hydrogens is 248 g/mol. The van der Waals surface area contributed by atoms with E-state index in [2.05, 4.69) is 32.9 Å². The number of nitrogens with one attached hydrogen (secondary N) is 2. The maximum atomic E-state index is 4.97. The van der Waals surface area contributed by atoms with Gasteiger partial charge in [0.05, 0.1) is 16.8 Å². The molecule has 98 valence electrons. The molecule has 0 aromatic carbocycles. The fourth-order valence-electron chi connectivity index (χ4n) is 1.66. The third-order valence-corrected chi connectivity index (χ3v) is 3.70. The molecule has 0 saturated carbocycles. The minimum atomic E-state index is 0.738. The Morgan fingerprint density at radius 2 is 2.17 bits per heavy atom. The molecule has 0 spiro atoms. The van der Waals surface area contributed by atoms with E-state index in [1.54, 1.807) is 24.8 Å². The third-order valence-electron chi connectivity index (χ3n) is 2.61. The Morgan fingerprint density at radius 3 is 3.00 bits per heavy atom. The Bertz CT molecular complexity index is 500. The molecule has 0 bridgehead atoms. The molecule has 0 fully saturated rings. The van der Waals surface area contributed by atoms with E-state index in [1.165, 1.54) is 5.56 Å². The van der Waals surface area contributed by atoms with Gasteiger partial charge < -0.3 is 15.4 Å². The molecule has 2 rings (SSSR count). The summed E-state index contributed by atoms with van der Waals surface area (Å²) in [7, 11) is 1.71. The second kappa shape index (κ2) is 6.63. The van der Waals surface area contributed by atoms with Crippen LogP contribution in [0.5, 0.6) is 0 Å². The zero-order valence-electron chi connectivity index (χ0n) is 10.7. The summed E-state index contributed by atoms with van der Waals surface area (Å²) in [6.45, 7) is 5.41. The van der Waals surface area contributed by atoms with Crippen molar-refractivity contribution in [1.29, 1.82) is 0 Å². The van der Waals surface area contributed by atoms with Crippen molar-refractivity contribution in [3.63, 3.8) is 0 Å². The Balaban J connectivity index is 1.88. The smallest absolute Gasteiger partial charge is 0.147 e. The SMILES string of the molecule is COCCNCCNc1ncnc2c(C)csc12. The number of rotatable bonds is 7. The first-order valence-corrected chi connectivity index (χ1v) is 6.83. The van der Waals surface area contributed by atoms with Crippen LogP contribution in [0.1, 0.15) is 5.56 Å². The predicted octanol–water partition coefficient (Wildman–Crippen LogP) is 1.65. The summed E-state index contributed by atoms with van der Waals surface area (Å²) >= 11 is 1.68. The van der Waals surface area contributed by atoms with Crippen LogP contribution in [0.4, 0.5) is 5.82 Å². The number of fused-ring (bicyclic) bond motifs is 1. The molecule has 0 atom stereocenters. The minimum absolute atomic E-state index is 0.738. The number of ether oxygens (including phenoxy) is 1. The fourth-order valence-corrected chi connectivity index (χ4v) is 2.63. The third kappa shape index (κ3) is 3.16. The lowest BCUT2D eigenvalue weighted by atomic mass is 10.3. The number of aryl methyl sites for hydroxylation is 1. The highest BCUT2D eigenvalue weighted by molar-refractivity contribution is 7.18. The van der Waals surface area contributed by atoms with E-state index in [0.29, 0.717) is 0 Å². The average molecular weight is 266 g/mol. The highest BCUT2D eigenvalue weighted by Crippen LogP contribution is 2.28. The quantitative estimate of drug-likeness (QED) is 0.746. The van der Waals surface area contributed by atoms with Crippen LogP contribution in [0, 0.1) is 6.92 Å². The molecular formula is C12H18N4OS. The van der Waals surface area contributed by atoms with Crippen molar-refractivity contribution in [2.24, 2.45) is 0 Å². The van der Waals surface area contributed by atoms with Crippen molar-refractivity contribution in [3.8, 4) is 0 Å². The molecule has 18 heavy (non-hydrogen) atoms. The number of thiophene rings is 1. The fraction of sp³-hybridized carbons (Fsp3) is 0.500. The zero-order chi connectivity index (χ0) is 12.8. The van der Waals surface area contributed by atoms with Crippen LogP contribution >= 0.6 is 11.3 Å². The van der Waals surface area contributed by atoms with Gasteiger partial charge in [0.25, 0.3) is 0 Å². The highest BCUT2D eigenvalue weighted by Gasteiger charge is 2.06. The van der Waals surface area contributed by atoms with Crippen molar-refractivity contribution in [3.05, 3.63) is 17.3 Å². The van der Waals surface area contributed by atoms with Gasteiger partial charge in [0.1, 0.15) is 12.1 Å². The van der Waals surface area contributed by atoms with E-state index < -0.39 is 0 Å². The maximum Gasteiger partial charge on any atom is 0.147 e. The van der Waals surface area contributed by atoms with E-state index in [0.717, 1.165) is 42.3 Å². The predicted molar refractivity (Wildman–Crippen MR) is 75.4 cm³/mol. The Labute approximate surface area is 111 Å². The second-order valence-electron chi connectivity index (χ2n) is 3.99. The summed E-state index contributed by atoms with van der Waals surface area (Å²) < 4.78 is 6.10. The van der Waals surface area contributed by atoms with Crippen LogP contribution in [0.2, 0.25) is 0 Å². The number of nitrogens with zero attached hydrogens (tertiary/aromatic N) is 2. The van der Waals surface area contributed by atoms with Gasteiger partial charge in [-0.2, -0.15) is 0 Å². The molecule has 0 aliphatic rings. The van der Waals surface area contributed by atoms with Gasteiger partial charge in [-0.3, -0.25) is 0 Å². The van der Waals surface area contributed by atoms with Gasteiger partial charge in [-0.15, -0.1) is 11.3 Å². The topological polar surface area (TPSA) is 59.1 Å². The minimum Gasteiger partial charge on any atom is -0.383 e. The maximum absolute atomic E-state index is 4.97. The molecule has 6 heteroatoms. The van der Waals surface area contributed by atoms with E-state index in [1.807, 2.05) is 0 Å². The number of hydrogen-bond donors (Lipinski definition) is 2. The molecule has 0 amide bonds. The number of methoxy groups -OCH3 is 1. The summed E-state index contributed by atoms with van der Waals surface area (Å²) in [4.78, 5) is 8.59. The van der Waals surface area contributed by atoms with Crippen molar-refractivity contribution in [2.45, 2.75) is 6.92 Å². The lowest BCUT2D eigenvalue weighted by molar-refractivity contribution is 0.200. The van der Waals surface area contributed by atoms with Gasteiger partial charge in [0.15, 0.2) is 0 Å². The largest absolute Gasteiger partial charge is 0.383 e. The van der Waals surface area contributed by atoms with Crippen molar-refractivity contribution in [2.75, 3.05) is 38.7 Å². The molecule has 0 aliphatic heterocycles. The van der Waals surface area contributed by atoms with Crippen LogP contribution in [0.15, 0.2) is 11.7 Å². The highest BCUT2D eigenvalue weighted by atomic mass is 32.1. The second-order valence-corrected chi connectivity index (χ2v) is 4.87. The van der Waals surface area contributed by atoms with Crippen LogP contribution < -0.4 is 10.6 Å². The van der Waals surface area contributed by atoms with Crippen LogP contribution in [0.3, 0.4) is 0 Å². The number of hydrogen-bond acceptors (Lipinski definition) is 6. The normalized spacial score (nSPS) is 11.0. The molecule has 0 radical (unpaired) electrons. The van der Waals surface area contributed by atoms with Gasteiger partial charge in [0, 0.05) is 26.7 Å². The van der Waals surface area contributed by atoms with E-state index in [-0.39, 0.29) is 0 Å². The number of aromatic nitrogens is 2. The van der Waals surface area contributed by atoms with E-state index in [4.69, 9.17) is 4.74 Å². The van der Waals surface area contributed by atoms with Crippen molar-refractivity contribution < 1.29 is 4.74 Å². The monoisotopic (exact) mass is 266 g/mol. The van der Waals surface area contributed by atoms with Gasteiger partial charge in [-0.1, -0.05) is 0 Å². The molecule has 0 saturated heterocycles. The van der Waals surface area contributed by atoms with Gasteiger partial charge in [-0.05, 0) is 17.9 Å². The van der Waals surface area contributed by atoms with Crippen molar-refractivity contribution >= 4 is 27.4 Å². The Kier molecular flexibility index (Phi) is 4.86. The first kappa shape index (κ1) is 13.2. The zero-order valence-corrected chi connectivity index (χ0v) is 11.5. The van der Waals surface area contributed by atoms with E-state index >= 15 is 0 Å². The molecule has 2 N–H and O–H groups in total. The van der Waals surface area contributed by atoms with Gasteiger partial charge in [-0.25, -0.2) is 9.97 Å². The summed E-state index contributed by atoms with van der Waals surface area (Å²) in [5.74, 6) is 0.923. The Hall–Kier alpha value is -1.24. The molecule has 2 aromatic heterocycles. The summed E-state index contributed by atoms with van der Waals surface area (Å²) in [5.41, 5.74) is 2.25. The summed E-state index contributed by atoms with van der Waals surface area (Å²) in [6, 6.07) is 0. The molecule has 0 aliphatic carbocycles. The molecule has 0 unspecified atom stereocenters. The first-order chi connectivity index (χ1) is 8.83. The van der Waals surface area contributed by atoms with Crippen LogP contribution in [-0.4, -0.2) is 43.3 Å². The molecule has 2 aromatic rings. The van der Waals surface area contributed by atoms with Crippen molar-refractivity contribution in [1.82, 2.24) is 15.3 Å². The summed E-state index contributed by atoms with van der Waals surface area (Å²) in [5, 5.41) is 8.73. The lowest BCUT2D eigenvalue weighted by Gasteiger charge is -2.07. The number of anilines is 1. The van der Waals surface area contributed by atoms with Gasteiger partial charge in [0.2, 0.25) is 0 Å². The standard InChI is InChI=1S/C12H18N4OS/c1-9-7-18-11-10(9)15-8-16-12(11)14-4-3-13-5-6-17-2/h7-8,13H,3-6H2,1-2H3,(H,14,15,16). The van der Waals surface area contributed by atoms with Crippen LogP contribution in [-0.2, 0) is 4.74 Å². The molecule has 5 nitrogen and oxygen atoms in total. The summed E-state index contributed by atoms with van der Waals surface area (Å²) in [6.07, 6.45) is 1.61. The van der Waals surface area contributed by atoms with E-state index in [9.17, 15) is 0 Å². The average Bonchev–Trinajstić information content (AvgIpc) is 2.77. The lowest BCUT2D eigenvalue weighted by Crippen LogP contribution is -2.25. The first-order valence-electron chi connectivity index (χ1n) is 5.95. The van der Waals surface area contributed by atoms with Gasteiger partial charge >= 0.3 is 0 Å². The molecule has 2 heterocycles.